The predicted molar refractivity (Wildman–Crippen MR) is 88.1 cm³/mol. The zero-order chi connectivity index (χ0) is 15.4. The third-order valence-corrected chi connectivity index (χ3v) is 4.93. The first-order valence-corrected chi connectivity index (χ1v) is 8.56. The molecule has 0 aromatic rings. The molecule has 1 aliphatic heterocycles. The van der Waals surface area contributed by atoms with Gasteiger partial charge < -0.3 is 10.1 Å². The van der Waals surface area contributed by atoms with Crippen LogP contribution < -0.4 is 5.32 Å². The average molecular weight is 284 g/mol. The predicted octanol–water partition coefficient (Wildman–Crippen LogP) is 4.77. The molecule has 2 heteroatoms. The summed E-state index contributed by atoms with van der Waals surface area (Å²) >= 11 is 0. The van der Waals surface area contributed by atoms with Gasteiger partial charge in [0.05, 0.1) is 6.10 Å². The number of hydrogen-bond donors (Lipinski definition) is 1. The van der Waals surface area contributed by atoms with Crippen LogP contribution in [0.3, 0.4) is 0 Å². The van der Waals surface area contributed by atoms with E-state index in [9.17, 15) is 0 Å². The van der Waals surface area contributed by atoms with E-state index in [1.807, 2.05) is 0 Å². The van der Waals surface area contributed by atoms with Gasteiger partial charge in [0, 0.05) is 17.7 Å². The molecule has 20 heavy (non-hydrogen) atoms. The summed E-state index contributed by atoms with van der Waals surface area (Å²) in [4.78, 5) is 0. The molecule has 1 heterocycles. The van der Waals surface area contributed by atoms with E-state index < -0.39 is 0 Å². The van der Waals surface area contributed by atoms with Crippen molar-refractivity contribution in [1.82, 2.24) is 5.32 Å². The van der Waals surface area contributed by atoms with Gasteiger partial charge in [0.2, 0.25) is 0 Å². The molecule has 0 aromatic heterocycles. The van der Waals surface area contributed by atoms with Gasteiger partial charge in [-0.3, -0.25) is 0 Å². The molecule has 2 atom stereocenters. The second-order valence-electron chi connectivity index (χ2n) is 8.30. The fraction of sp³-hybridized carbons (Fsp3) is 1.00. The lowest BCUT2D eigenvalue weighted by Gasteiger charge is -2.46. The van der Waals surface area contributed by atoms with Crippen molar-refractivity contribution in [2.24, 2.45) is 11.8 Å². The monoisotopic (exact) mass is 283 g/mol. The van der Waals surface area contributed by atoms with Crippen molar-refractivity contribution in [1.29, 1.82) is 0 Å². The molecule has 1 rings (SSSR count). The van der Waals surface area contributed by atoms with Gasteiger partial charge >= 0.3 is 0 Å². The maximum Gasteiger partial charge on any atom is 0.0609 e. The highest BCUT2D eigenvalue weighted by Gasteiger charge is 2.37. The van der Waals surface area contributed by atoms with Crippen LogP contribution in [0.5, 0.6) is 0 Å². The van der Waals surface area contributed by atoms with E-state index >= 15 is 0 Å². The van der Waals surface area contributed by atoms with Gasteiger partial charge in [-0.1, -0.05) is 27.2 Å². The maximum absolute atomic E-state index is 6.18. The molecule has 2 unspecified atom stereocenters. The Kier molecular flexibility index (Phi) is 6.53. The fourth-order valence-electron chi connectivity index (χ4n) is 3.69. The molecule has 120 valence electrons. The van der Waals surface area contributed by atoms with Gasteiger partial charge in [-0.2, -0.15) is 0 Å². The minimum absolute atomic E-state index is 0.191. The summed E-state index contributed by atoms with van der Waals surface area (Å²) in [5, 5.41) is 3.71. The minimum atomic E-state index is 0.191. The molecule has 0 aromatic carbocycles. The third-order valence-electron chi connectivity index (χ3n) is 4.93. The topological polar surface area (TPSA) is 21.3 Å². The van der Waals surface area contributed by atoms with Crippen molar-refractivity contribution in [3.63, 3.8) is 0 Å². The van der Waals surface area contributed by atoms with Crippen LogP contribution in [0.4, 0.5) is 0 Å². The Hall–Kier alpha value is -0.0800. The highest BCUT2D eigenvalue weighted by Crippen LogP contribution is 2.30. The molecule has 0 radical (unpaired) electrons. The molecular weight excluding hydrogens is 246 g/mol. The second kappa shape index (κ2) is 7.26. The first-order chi connectivity index (χ1) is 9.15. The van der Waals surface area contributed by atoms with Crippen LogP contribution in [0, 0.1) is 11.8 Å². The van der Waals surface area contributed by atoms with E-state index in [4.69, 9.17) is 4.74 Å². The van der Waals surface area contributed by atoms with Crippen molar-refractivity contribution >= 4 is 0 Å². The van der Waals surface area contributed by atoms with Gasteiger partial charge in [0.25, 0.3) is 0 Å². The van der Waals surface area contributed by atoms with E-state index in [1.54, 1.807) is 0 Å². The summed E-state index contributed by atoms with van der Waals surface area (Å²) in [6, 6.07) is 0. The summed E-state index contributed by atoms with van der Waals surface area (Å²) in [5.74, 6) is 1.66. The van der Waals surface area contributed by atoms with Crippen molar-refractivity contribution < 1.29 is 4.74 Å². The standard InChI is InChI=1S/C18H37NO/c1-8-14(2)15(3)10-9-11-20-16-12-17(4,5)19-18(6,7)13-16/h14-16,19H,8-13H2,1-7H3. The Labute approximate surface area is 127 Å². The lowest BCUT2D eigenvalue weighted by Crippen LogP contribution is -2.59. The van der Waals surface area contributed by atoms with E-state index in [0.717, 1.165) is 31.3 Å². The number of rotatable bonds is 7. The van der Waals surface area contributed by atoms with Crippen LogP contribution in [0.25, 0.3) is 0 Å². The van der Waals surface area contributed by atoms with Gasteiger partial charge in [-0.25, -0.2) is 0 Å². The largest absolute Gasteiger partial charge is 0.378 e. The third kappa shape index (κ3) is 6.13. The summed E-state index contributed by atoms with van der Waals surface area (Å²) in [7, 11) is 0. The van der Waals surface area contributed by atoms with E-state index in [1.165, 1.54) is 19.3 Å². The minimum Gasteiger partial charge on any atom is -0.378 e. The molecule has 1 fully saturated rings. The van der Waals surface area contributed by atoms with Crippen LogP contribution in [-0.2, 0) is 4.74 Å². The zero-order valence-electron chi connectivity index (χ0n) is 14.9. The van der Waals surface area contributed by atoms with E-state index in [0.29, 0.717) is 6.10 Å². The maximum atomic E-state index is 6.18. The van der Waals surface area contributed by atoms with Gasteiger partial charge in [0.1, 0.15) is 0 Å². The SMILES string of the molecule is CCC(C)C(C)CCCOC1CC(C)(C)NC(C)(C)C1. The van der Waals surface area contributed by atoms with Gasteiger partial charge in [0.15, 0.2) is 0 Å². The first-order valence-electron chi connectivity index (χ1n) is 8.56. The van der Waals surface area contributed by atoms with Gasteiger partial charge in [-0.15, -0.1) is 0 Å². The first kappa shape index (κ1) is 18.0. The molecule has 0 bridgehead atoms. The molecular formula is C18H37NO. The summed E-state index contributed by atoms with van der Waals surface area (Å²) in [6.07, 6.45) is 6.45. The second-order valence-corrected chi connectivity index (χ2v) is 8.30. The molecule has 1 saturated heterocycles. The summed E-state index contributed by atoms with van der Waals surface area (Å²) < 4.78 is 6.18. The Morgan fingerprint density at radius 2 is 1.60 bits per heavy atom. The Morgan fingerprint density at radius 3 is 2.10 bits per heavy atom. The Bertz CT molecular complexity index is 269. The lowest BCUT2D eigenvalue weighted by atomic mass is 9.81. The number of nitrogens with one attached hydrogen (secondary N) is 1. The highest BCUT2D eigenvalue weighted by molar-refractivity contribution is 4.97. The molecule has 0 aliphatic carbocycles. The average Bonchev–Trinajstić information content (AvgIpc) is 2.29. The van der Waals surface area contributed by atoms with Crippen molar-refractivity contribution in [2.45, 2.75) is 97.8 Å². The fourth-order valence-corrected chi connectivity index (χ4v) is 3.69. The summed E-state index contributed by atoms with van der Waals surface area (Å²) in [6.45, 7) is 17.1. The van der Waals surface area contributed by atoms with E-state index in [-0.39, 0.29) is 11.1 Å². The van der Waals surface area contributed by atoms with Crippen LogP contribution >= 0.6 is 0 Å². The smallest absolute Gasteiger partial charge is 0.0609 e. The molecule has 2 nitrogen and oxygen atoms in total. The van der Waals surface area contributed by atoms with Crippen molar-refractivity contribution in [3.8, 4) is 0 Å². The molecule has 1 aliphatic rings. The quantitative estimate of drug-likeness (QED) is 0.679. The lowest BCUT2D eigenvalue weighted by molar-refractivity contribution is -0.0238. The molecule has 0 saturated carbocycles. The molecule has 0 amide bonds. The van der Waals surface area contributed by atoms with Crippen LogP contribution in [0.1, 0.15) is 80.6 Å². The molecule has 0 spiro atoms. The normalized spacial score (nSPS) is 25.4. The number of ether oxygens (including phenoxy) is 1. The van der Waals surface area contributed by atoms with E-state index in [2.05, 4.69) is 53.8 Å². The number of piperidine rings is 1. The van der Waals surface area contributed by atoms with Gasteiger partial charge in [-0.05, 0) is 65.2 Å². The van der Waals surface area contributed by atoms with Crippen molar-refractivity contribution in [2.75, 3.05) is 6.61 Å². The van der Waals surface area contributed by atoms with Crippen LogP contribution in [-0.4, -0.2) is 23.8 Å². The Balaban J connectivity index is 2.28. The highest BCUT2D eigenvalue weighted by atomic mass is 16.5. The summed E-state index contributed by atoms with van der Waals surface area (Å²) in [5.41, 5.74) is 0.382. The zero-order valence-corrected chi connectivity index (χ0v) is 14.9. The van der Waals surface area contributed by atoms with Crippen LogP contribution in [0.2, 0.25) is 0 Å². The van der Waals surface area contributed by atoms with Crippen molar-refractivity contribution in [3.05, 3.63) is 0 Å². The number of hydrogen-bond acceptors (Lipinski definition) is 2. The van der Waals surface area contributed by atoms with Crippen LogP contribution in [0.15, 0.2) is 0 Å². The Morgan fingerprint density at radius 1 is 1.05 bits per heavy atom. The molecule has 1 N–H and O–H groups in total.